The quantitative estimate of drug-likeness (QED) is 0.821. The van der Waals surface area contributed by atoms with Crippen LogP contribution in [0.15, 0.2) is 12.3 Å². The molecule has 5 heteroatoms. The summed E-state index contributed by atoms with van der Waals surface area (Å²) in [5.74, 6) is 1.69. The van der Waals surface area contributed by atoms with E-state index in [1.54, 1.807) is 0 Å². The lowest BCUT2D eigenvalue weighted by molar-refractivity contribution is 0.481. The monoisotopic (exact) mass is 235 g/mol. The third-order valence-corrected chi connectivity index (χ3v) is 3.17. The molecule has 1 fully saturated rings. The van der Waals surface area contributed by atoms with Gasteiger partial charge in [-0.05, 0) is 32.3 Å². The fraction of sp³-hybridized carbons (Fsp3) is 0.667. The normalized spacial score (nSPS) is 20.4. The average molecular weight is 235 g/mol. The highest BCUT2D eigenvalue weighted by Gasteiger charge is 2.19. The number of aromatic nitrogens is 2. The zero-order chi connectivity index (χ0) is 12.1. The van der Waals surface area contributed by atoms with E-state index >= 15 is 0 Å². The molecule has 2 heterocycles. The fourth-order valence-electron chi connectivity index (χ4n) is 2.22. The van der Waals surface area contributed by atoms with E-state index in [1.807, 2.05) is 12.3 Å². The van der Waals surface area contributed by atoms with Crippen LogP contribution < -0.4 is 16.0 Å². The molecular formula is C12H21N5. The van der Waals surface area contributed by atoms with Gasteiger partial charge in [-0.1, -0.05) is 0 Å². The molecule has 1 aromatic heterocycles. The van der Waals surface area contributed by atoms with Crippen LogP contribution in [0.2, 0.25) is 0 Å². The van der Waals surface area contributed by atoms with Gasteiger partial charge in [0.15, 0.2) is 0 Å². The predicted molar refractivity (Wildman–Crippen MR) is 70.2 cm³/mol. The lowest BCUT2D eigenvalue weighted by Gasteiger charge is -2.34. The Hall–Kier alpha value is -1.36. The molecule has 0 aliphatic carbocycles. The number of nitrogens with two attached hydrogens (primary N) is 1. The van der Waals surface area contributed by atoms with Crippen molar-refractivity contribution in [1.82, 2.24) is 9.97 Å². The first-order chi connectivity index (χ1) is 8.31. The van der Waals surface area contributed by atoms with Crippen molar-refractivity contribution in [2.45, 2.75) is 32.2 Å². The van der Waals surface area contributed by atoms with Crippen LogP contribution in [0.4, 0.5) is 11.8 Å². The zero-order valence-electron chi connectivity index (χ0n) is 10.4. The molecule has 17 heavy (non-hydrogen) atoms. The number of nitrogens with zero attached hydrogens (tertiary/aromatic N) is 3. The minimum Gasteiger partial charge on any atom is -0.354 e. The highest BCUT2D eigenvalue weighted by molar-refractivity contribution is 5.43. The number of piperidine rings is 1. The second-order valence-corrected chi connectivity index (χ2v) is 4.49. The van der Waals surface area contributed by atoms with Gasteiger partial charge in [-0.15, -0.1) is 0 Å². The molecule has 3 N–H and O–H groups in total. The molecule has 1 aromatic rings. The van der Waals surface area contributed by atoms with Gasteiger partial charge in [0.1, 0.15) is 5.82 Å². The standard InChI is InChI=1S/C12H21N5/c1-10-4-2-3-9-17(10)11-5-7-14-12(16-11)15-8-6-13/h5,7,10H,2-4,6,8-9,13H2,1H3,(H,14,15,16). The summed E-state index contributed by atoms with van der Waals surface area (Å²) in [6.45, 7) is 4.65. The number of anilines is 2. The Bertz CT molecular complexity index is 355. The van der Waals surface area contributed by atoms with Gasteiger partial charge in [0.25, 0.3) is 0 Å². The van der Waals surface area contributed by atoms with Crippen molar-refractivity contribution in [2.24, 2.45) is 5.73 Å². The van der Waals surface area contributed by atoms with Crippen molar-refractivity contribution in [3.63, 3.8) is 0 Å². The van der Waals surface area contributed by atoms with Crippen LogP contribution in [0.1, 0.15) is 26.2 Å². The van der Waals surface area contributed by atoms with Crippen LogP contribution in [-0.4, -0.2) is 35.6 Å². The Balaban J connectivity index is 2.08. The minimum atomic E-state index is 0.570. The van der Waals surface area contributed by atoms with Crippen molar-refractivity contribution in [3.8, 4) is 0 Å². The Morgan fingerprint density at radius 2 is 2.41 bits per heavy atom. The first kappa shape index (κ1) is 12.1. The van der Waals surface area contributed by atoms with Gasteiger partial charge in [0, 0.05) is 31.9 Å². The van der Waals surface area contributed by atoms with E-state index in [1.165, 1.54) is 19.3 Å². The summed E-state index contributed by atoms with van der Waals surface area (Å²) >= 11 is 0. The zero-order valence-corrected chi connectivity index (χ0v) is 10.4. The topological polar surface area (TPSA) is 67.1 Å². The highest BCUT2D eigenvalue weighted by Crippen LogP contribution is 2.22. The Morgan fingerprint density at radius 1 is 1.53 bits per heavy atom. The van der Waals surface area contributed by atoms with E-state index in [9.17, 15) is 0 Å². The third kappa shape index (κ3) is 3.06. The molecule has 0 bridgehead atoms. The van der Waals surface area contributed by atoms with E-state index < -0.39 is 0 Å². The smallest absolute Gasteiger partial charge is 0.224 e. The second-order valence-electron chi connectivity index (χ2n) is 4.49. The minimum absolute atomic E-state index is 0.570. The summed E-state index contributed by atoms with van der Waals surface area (Å²) in [4.78, 5) is 11.1. The van der Waals surface area contributed by atoms with Gasteiger partial charge in [0.05, 0.1) is 0 Å². The summed E-state index contributed by atoms with van der Waals surface area (Å²) < 4.78 is 0. The molecule has 1 unspecified atom stereocenters. The molecule has 0 saturated carbocycles. The first-order valence-corrected chi connectivity index (χ1v) is 6.35. The summed E-state index contributed by atoms with van der Waals surface area (Å²) in [6, 6.07) is 2.55. The van der Waals surface area contributed by atoms with Crippen LogP contribution in [0.5, 0.6) is 0 Å². The predicted octanol–water partition coefficient (Wildman–Crippen LogP) is 1.23. The van der Waals surface area contributed by atoms with Gasteiger partial charge in [-0.25, -0.2) is 4.98 Å². The molecule has 0 radical (unpaired) electrons. The molecule has 1 atom stereocenters. The van der Waals surface area contributed by atoms with Crippen molar-refractivity contribution in [3.05, 3.63) is 12.3 Å². The molecule has 94 valence electrons. The molecule has 0 amide bonds. The Kier molecular flexibility index (Phi) is 4.14. The number of nitrogens with one attached hydrogen (secondary N) is 1. The molecule has 0 aromatic carbocycles. The molecule has 1 aliphatic rings. The fourth-order valence-corrected chi connectivity index (χ4v) is 2.22. The molecule has 1 saturated heterocycles. The maximum atomic E-state index is 5.45. The second kappa shape index (κ2) is 5.82. The lowest BCUT2D eigenvalue weighted by Crippen LogP contribution is -2.38. The van der Waals surface area contributed by atoms with E-state index in [4.69, 9.17) is 5.73 Å². The van der Waals surface area contributed by atoms with E-state index in [2.05, 4.69) is 27.1 Å². The maximum Gasteiger partial charge on any atom is 0.224 e. The van der Waals surface area contributed by atoms with E-state index in [0.717, 1.165) is 12.4 Å². The SMILES string of the molecule is CC1CCCCN1c1ccnc(NCCN)n1. The van der Waals surface area contributed by atoms with Crippen LogP contribution in [0, 0.1) is 0 Å². The van der Waals surface area contributed by atoms with Gasteiger partial charge in [-0.2, -0.15) is 4.98 Å². The Morgan fingerprint density at radius 3 is 3.18 bits per heavy atom. The van der Waals surface area contributed by atoms with Gasteiger partial charge >= 0.3 is 0 Å². The highest BCUT2D eigenvalue weighted by atomic mass is 15.2. The van der Waals surface area contributed by atoms with Crippen LogP contribution in [0.25, 0.3) is 0 Å². The van der Waals surface area contributed by atoms with Gasteiger partial charge in [0.2, 0.25) is 5.95 Å². The summed E-state index contributed by atoms with van der Waals surface area (Å²) in [6.07, 6.45) is 5.62. The van der Waals surface area contributed by atoms with Crippen LogP contribution in [0.3, 0.4) is 0 Å². The molecule has 2 rings (SSSR count). The maximum absolute atomic E-state index is 5.45. The van der Waals surface area contributed by atoms with Gasteiger partial charge < -0.3 is 16.0 Å². The summed E-state index contributed by atoms with van der Waals surface area (Å²) in [5.41, 5.74) is 5.45. The van der Waals surface area contributed by atoms with Crippen LogP contribution in [-0.2, 0) is 0 Å². The van der Waals surface area contributed by atoms with Crippen molar-refractivity contribution >= 4 is 11.8 Å². The van der Waals surface area contributed by atoms with Crippen molar-refractivity contribution in [2.75, 3.05) is 29.9 Å². The molecule has 1 aliphatic heterocycles. The molecule has 0 spiro atoms. The average Bonchev–Trinajstić information content (AvgIpc) is 2.37. The van der Waals surface area contributed by atoms with Crippen molar-refractivity contribution in [1.29, 1.82) is 0 Å². The molecule has 5 nitrogen and oxygen atoms in total. The third-order valence-electron chi connectivity index (χ3n) is 3.17. The number of hydrogen-bond acceptors (Lipinski definition) is 5. The number of hydrogen-bond donors (Lipinski definition) is 2. The summed E-state index contributed by atoms with van der Waals surface area (Å²) in [5, 5.41) is 3.11. The van der Waals surface area contributed by atoms with Crippen molar-refractivity contribution < 1.29 is 0 Å². The summed E-state index contributed by atoms with van der Waals surface area (Å²) in [7, 11) is 0. The first-order valence-electron chi connectivity index (χ1n) is 6.35. The molecular weight excluding hydrogens is 214 g/mol. The van der Waals surface area contributed by atoms with E-state index in [-0.39, 0.29) is 0 Å². The lowest BCUT2D eigenvalue weighted by atomic mass is 10.0. The van der Waals surface area contributed by atoms with E-state index in [0.29, 0.717) is 25.1 Å². The van der Waals surface area contributed by atoms with Crippen LogP contribution >= 0.6 is 0 Å². The van der Waals surface area contributed by atoms with Gasteiger partial charge in [-0.3, -0.25) is 0 Å². The Labute approximate surface area is 102 Å². The number of rotatable bonds is 4. The largest absolute Gasteiger partial charge is 0.354 e.